The summed E-state index contributed by atoms with van der Waals surface area (Å²) in [5.74, 6) is 0. The van der Waals surface area contributed by atoms with E-state index in [-0.39, 0.29) is 0 Å². The second-order valence-corrected chi connectivity index (χ2v) is 5.16. The van der Waals surface area contributed by atoms with Gasteiger partial charge in [-0.15, -0.1) is 0 Å². The van der Waals surface area contributed by atoms with Crippen LogP contribution in [-0.4, -0.2) is 17.0 Å². The largest absolute Gasteiger partial charge is 0.313 e. The van der Waals surface area contributed by atoms with Crippen LogP contribution in [0.1, 0.15) is 23.7 Å². The molecule has 2 heterocycles. The zero-order valence-electron chi connectivity index (χ0n) is 12.2. The average Bonchev–Trinajstić information content (AvgIpc) is 2.56. The number of aryl methyl sites for hydroxylation is 1. The molecule has 1 aromatic carbocycles. The smallest absolute Gasteiger partial charge is 0.0705 e. The van der Waals surface area contributed by atoms with Gasteiger partial charge < -0.3 is 5.32 Å². The van der Waals surface area contributed by atoms with Crippen molar-refractivity contribution in [3.63, 3.8) is 0 Å². The third-order valence-electron chi connectivity index (χ3n) is 3.80. The Morgan fingerprint density at radius 1 is 1.00 bits per heavy atom. The minimum Gasteiger partial charge on any atom is -0.313 e. The fourth-order valence-corrected chi connectivity index (χ4v) is 2.62. The molecule has 0 aliphatic carbocycles. The number of benzene rings is 1. The molecule has 3 aromatic rings. The summed E-state index contributed by atoms with van der Waals surface area (Å²) >= 11 is 0. The third-order valence-corrected chi connectivity index (χ3v) is 3.80. The molecule has 21 heavy (non-hydrogen) atoms. The molecule has 1 atom stereocenters. The van der Waals surface area contributed by atoms with Gasteiger partial charge in [-0.3, -0.25) is 9.97 Å². The molecule has 3 nitrogen and oxygen atoms in total. The van der Waals surface area contributed by atoms with E-state index >= 15 is 0 Å². The molecule has 3 heteroatoms. The topological polar surface area (TPSA) is 37.8 Å². The minimum absolute atomic E-state index is 0.318. The van der Waals surface area contributed by atoms with Crippen LogP contribution in [0, 0.1) is 0 Å². The van der Waals surface area contributed by atoms with Crippen molar-refractivity contribution in [3.05, 3.63) is 72.2 Å². The van der Waals surface area contributed by atoms with Crippen LogP contribution < -0.4 is 5.32 Å². The van der Waals surface area contributed by atoms with E-state index in [1.807, 2.05) is 37.6 Å². The Labute approximate surface area is 125 Å². The van der Waals surface area contributed by atoms with E-state index in [4.69, 9.17) is 0 Å². The zero-order valence-corrected chi connectivity index (χ0v) is 12.2. The van der Waals surface area contributed by atoms with Crippen molar-refractivity contribution in [2.24, 2.45) is 0 Å². The molecule has 1 N–H and O–H groups in total. The van der Waals surface area contributed by atoms with Crippen molar-refractivity contribution in [3.8, 4) is 0 Å². The normalized spacial score (nSPS) is 12.4. The molecule has 0 bridgehead atoms. The van der Waals surface area contributed by atoms with E-state index in [0.717, 1.165) is 24.1 Å². The van der Waals surface area contributed by atoms with Gasteiger partial charge in [0.2, 0.25) is 0 Å². The van der Waals surface area contributed by atoms with Gasteiger partial charge in [0, 0.05) is 29.5 Å². The van der Waals surface area contributed by atoms with Crippen molar-refractivity contribution >= 4 is 10.9 Å². The van der Waals surface area contributed by atoms with Crippen molar-refractivity contribution < 1.29 is 0 Å². The van der Waals surface area contributed by atoms with Gasteiger partial charge in [-0.1, -0.05) is 24.3 Å². The first-order valence-corrected chi connectivity index (χ1v) is 7.28. The Bertz CT molecular complexity index is 710. The van der Waals surface area contributed by atoms with Crippen LogP contribution in [-0.2, 0) is 6.42 Å². The molecule has 0 spiro atoms. The maximum Gasteiger partial charge on any atom is 0.0705 e. The fraction of sp³-hybridized carbons (Fsp3) is 0.222. The van der Waals surface area contributed by atoms with Gasteiger partial charge in [-0.2, -0.15) is 0 Å². The number of nitrogens with one attached hydrogen (secondary N) is 1. The fourth-order valence-electron chi connectivity index (χ4n) is 2.62. The summed E-state index contributed by atoms with van der Waals surface area (Å²) in [5.41, 5.74) is 3.46. The van der Waals surface area contributed by atoms with Gasteiger partial charge in [-0.05, 0) is 49.7 Å². The van der Waals surface area contributed by atoms with E-state index in [2.05, 4.69) is 45.6 Å². The van der Waals surface area contributed by atoms with Crippen LogP contribution >= 0.6 is 0 Å². The van der Waals surface area contributed by atoms with Gasteiger partial charge in [0.15, 0.2) is 0 Å². The minimum atomic E-state index is 0.318. The molecule has 0 aliphatic heterocycles. The van der Waals surface area contributed by atoms with Gasteiger partial charge in [0.25, 0.3) is 0 Å². The lowest BCUT2D eigenvalue weighted by atomic mass is 9.99. The summed E-state index contributed by atoms with van der Waals surface area (Å²) in [7, 11) is 2.01. The lowest BCUT2D eigenvalue weighted by Gasteiger charge is -2.17. The third kappa shape index (κ3) is 3.26. The number of fused-ring (bicyclic) bond motifs is 1. The molecule has 106 valence electrons. The number of hydrogen-bond donors (Lipinski definition) is 1. The highest BCUT2D eigenvalue weighted by Crippen LogP contribution is 2.22. The summed E-state index contributed by atoms with van der Waals surface area (Å²) in [4.78, 5) is 8.83. The molecule has 2 aromatic heterocycles. The zero-order chi connectivity index (χ0) is 14.5. The maximum atomic E-state index is 4.44. The summed E-state index contributed by atoms with van der Waals surface area (Å²) in [6.45, 7) is 0. The summed E-state index contributed by atoms with van der Waals surface area (Å²) in [6, 6.07) is 17.0. The van der Waals surface area contributed by atoms with Crippen molar-refractivity contribution in [1.82, 2.24) is 15.3 Å². The molecular weight excluding hydrogens is 258 g/mol. The van der Waals surface area contributed by atoms with E-state index < -0.39 is 0 Å². The highest BCUT2D eigenvalue weighted by Gasteiger charge is 2.10. The molecule has 0 saturated carbocycles. The molecule has 0 aliphatic rings. The second-order valence-electron chi connectivity index (χ2n) is 5.16. The quantitative estimate of drug-likeness (QED) is 0.775. The van der Waals surface area contributed by atoms with E-state index in [9.17, 15) is 0 Å². The first-order chi connectivity index (χ1) is 10.4. The number of nitrogens with zero attached hydrogens (tertiary/aromatic N) is 2. The van der Waals surface area contributed by atoms with E-state index in [1.54, 1.807) is 0 Å². The molecule has 0 saturated heterocycles. The van der Waals surface area contributed by atoms with E-state index in [0.29, 0.717) is 6.04 Å². The molecular formula is C18H19N3. The average molecular weight is 277 g/mol. The van der Waals surface area contributed by atoms with Crippen LogP contribution in [0.4, 0.5) is 0 Å². The van der Waals surface area contributed by atoms with Gasteiger partial charge in [0.05, 0.1) is 5.52 Å². The predicted molar refractivity (Wildman–Crippen MR) is 86.1 cm³/mol. The number of rotatable bonds is 5. The van der Waals surface area contributed by atoms with Gasteiger partial charge in [0.1, 0.15) is 0 Å². The second kappa shape index (κ2) is 6.46. The highest BCUT2D eigenvalue weighted by molar-refractivity contribution is 5.78. The molecule has 0 fully saturated rings. The molecule has 3 rings (SSSR count). The number of hydrogen-bond acceptors (Lipinski definition) is 3. The SMILES string of the molecule is CNC(CCc1ccccn1)c1ccc2cccnc2c1. The van der Waals surface area contributed by atoms with Crippen LogP contribution in [0.15, 0.2) is 60.9 Å². The molecule has 0 radical (unpaired) electrons. The molecule has 1 unspecified atom stereocenters. The van der Waals surface area contributed by atoms with Crippen molar-refractivity contribution in [2.45, 2.75) is 18.9 Å². The van der Waals surface area contributed by atoms with Crippen molar-refractivity contribution in [2.75, 3.05) is 7.05 Å². The van der Waals surface area contributed by atoms with E-state index in [1.165, 1.54) is 10.9 Å². The van der Waals surface area contributed by atoms with Gasteiger partial charge in [-0.25, -0.2) is 0 Å². The Kier molecular flexibility index (Phi) is 4.22. The standard InChI is InChI=1S/C18H19N3/c1-19-17(10-9-16-6-2-3-11-20-16)15-8-7-14-5-4-12-21-18(14)13-15/h2-8,11-13,17,19H,9-10H2,1H3. The summed E-state index contributed by atoms with van der Waals surface area (Å²) in [5, 5.41) is 4.58. The first kappa shape index (κ1) is 13.7. The number of aromatic nitrogens is 2. The van der Waals surface area contributed by atoms with Crippen LogP contribution in [0.3, 0.4) is 0 Å². The van der Waals surface area contributed by atoms with Crippen molar-refractivity contribution in [1.29, 1.82) is 0 Å². The number of pyridine rings is 2. The lowest BCUT2D eigenvalue weighted by molar-refractivity contribution is 0.546. The Morgan fingerprint density at radius 3 is 2.71 bits per heavy atom. The molecule has 0 amide bonds. The predicted octanol–water partition coefficient (Wildman–Crippen LogP) is 3.52. The highest BCUT2D eigenvalue weighted by atomic mass is 14.9. The Balaban J connectivity index is 1.78. The Morgan fingerprint density at radius 2 is 1.90 bits per heavy atom. The first-order valence-electron chi connectivity index (χ1n) is 7.28. The van der Waals surface area contributed by atoms with Crippen LogP contribution in [0.5, 0.6) is 0 Å². The Hall–Kier alpha value is -2.26. The van der Waals surface area contributed by atoms with Gasteiger partial charge >= 0.3 is 0 Å². The van der Waals surface area contributed by atoms with Crippen LogP contribution in [0.25, 0.3) is 10.9 Å². The summed E-state index contributed by atoms with van der Waals surface area (Å²) < 4.78 is 0. The summed E-state index contributed by atoms with van der Waals surface area (Å²) in [6.07, 6.45) is 5.68. The maximum absolute atomic E-state index is 4.44. The lowest BCUT2D eigenvalue weighted by Crippen LogP contribution is -2.17. The van der Waals surface area contributed by atoms with Crippen LogP contribution in [0.2, 0.25) is 0 Å². The monoisotopic (exact) mass is 277 g/mol.